The number of aromatic amines is 1. The molecule has 2 N–H and O–H groups in total. The first kappa shape index (κ1) is 17.4. The van der Waals surface area contributed by atoms with Crippen LogP contribution in [0, 0.1) is 12.8 Å². The summed E-state index contributed by atoms with van der Waals surface area (Å²) in [6.07, 6.45) is -3.82. The molecule has 3 heterocycles. The first-order valence-corrected chi connectivity index (χ1v) is 7.75. The van der Waals surface area contributed by atoms with E-state index in [0.29, 0.717) is 13.0 Å². The summed E-state index contributed by atoms with van der Waals surface area (Å²) in [4.78, 5) is 17.2. The Bertz CT molecular complexity index is 757. The normalized spacial score (nSPS) is 20.9. The molecule has 2 aromatic rings. The van der Waals surface area contributed by atoms with Crippen LogP contribution < -0.4 is 0 Å². The Hall–Kier alpha value is -2.42. The highest BCUT2D eigenvalue weighted by molar-refractivity contribution is 5.94. The zero-order valence-electron chi connectivity index (χ0n) is 13.4. The Morgan fingerprint density at radius 2 is 2.16 bits per heavy atom. The Kier molecular flexibility index (Phi) is 4.51. The van der Waals surface area contributed by atoms with Gasteiger partial charge >= 0.3 is 6.18 Å². The summed E-state index contributed by atoms with van der Waals surface area (Å²) in [5, 5.41) is 17.1. The van der Waals surface area contributed by atoms with Crippen molar-refractivity contribution in [2.24, 2.45) is 5.92 Å². The van der Waals surface area contributed by atoms with Gasteiger partial charge in [-0.3, -0.25) is 14.9 Å². The maximum atomic E-state index is 12.5. The van der Waals surface area contributed by atoms with Crippen LogP contribution in [0.5, 0.6) is 0 Å². The number of aliphatic hydroxyl groups excluding tert-OH is 1. The van der Waals surface area contributed by atoms with Gasteiger partial charge in [0.15, 0.2) is 0 Å². The molecule has 1 aliphatic rings. The minimum atomic E-state index is -4.54. The molecule has 0 aromatic carbocycles. The topological polar surface area (TPSA) is 82.1 Å². The summed E-state index contributed by atoms with van der Waals surface area (Å²) in [6, 6.07) is 3.76. The molecule has 0 aliphatic carbocycles. The van der Waals surface area contributed by atoms with E-state index in [1.807, 2.05) is 13.0 Å². The molecule has 6 nitrogen and oxygen atoms in total. The number of hydrogen-bond acceptors (Lipinski definition) is 4. The molecule has 1 aliphatic heterocycles. The quantitative estimate of drug-likeness (QED) is 0.881. The average Bonchev–Trinajstić information content (AvgIpc) is 3.12. The van der Waals surface area contributed by atoms with Crippen LogP contribution in [-0.2, 0) is 12.6 Å². The first-order valence-electron chi connectivity index (χ1n) is 7.75. The summed E-state index contributed by atoms with van der Waals surface area (Å²) in [5.41, 5.74) is 0.729. The van der Waals surface area contributed by atoms with Gasteiger partial charge in [0, 0.05) is 30.9 Å². The van der Waals surface area contributed by atoms with E-state index in [0.717, 1.165) is 29.7 Å². The molecule has 0 bridgehead atoms. The Morgan fingerprint density at radius 3 is 2.72 bits per heavy atom. The summed E-state index contributed by atoms with van der Waals surface area (Å²) in [7, 11) is 0. The number of pyridine rings is 1. The summed E-state index contributed by atoms with van der Waals surface area (Å²) in [6.45, 7) is 2.32. The van der Waals surface area contributed by atoms with Crippen LogP contribution in [0.2, 0.25) is 0 Å². The van der Waals surface area contributed by atoms with Crippen LogP contribution in [0.3, 0.4) is 0 Å². The Morgan fingerprint density at radius 1 is 1.40 bits per heavy atom. The van der Waals surface area contributed by atoms with Crippen LogP contribution in [0.4, 0.5) is 13.2 Å². The fourth-order valence-electron chi connectivity index (χ4n) is 2.94. The van der Waals surface area contributed by atoms with Gasteiger partial charge < -0.3 is 10.0 Å². The number of carbonyl (C=O) groups excluding carboxylic acids is 1. The number of alkyl halides is 3. The lowest BCUT2D eigenvalue weighted by Gasteiger charge is -2.16. The van der Waals surface area contributed by atoms with Crippen LogP contribution in [-0.4, -0.2) is 50.3 Å². The molecule has 2 atom stereocenters. The van der Waals surface area contributed by atoms with Crippen molar-refractivity contribution in [3.8, 4) is 0 Å². The van der Waals surface area contributed by atoms with E-state index in [9.17, 15) is 23.1 Å². The molecule has 1 amide bonds. The number of nitrogens with zero attached hydrogens (tertiary/aromatic N) is 3. The molecule has 0 radical (unpaired) electrons. The first-order chi connectivity index (χ1) is 11.7. The minimum Gasteiger partial charge on any atom is -0.391 e. The average molecular weight is 354 g/mol. The van der Waals surface area contributed by atoms with Gasteiger partial charge in [0.2, 0.25) is 0 Å². The molecule has 2 aromatic heterocycles. The van der Waals surface area contributed by atoms with Crippen molar-refractivity contribution >= 4 is 5.91 Å². The van der Waals surface area contributed by atoms with Gasteiger partial charge in [0.05, 0.1) is 17.4 Å². The standard InChI is InChI=1S/C16H17F3N4O2/c1-9-4-12(22-21-9)5-11-7-23(8-13(11)24)15(25)10-2-3-14(20-6-10)16(17,18)19/h2-4,6,11,13,24H,5,7-8H2,1H3,(H,21,22)/t11-,13-/m1/s1. The number of H-pyrrole nitrogens is 1. The third kappa shape index (κ3) is 3.81. The number of β-amino-alcohol motifs (C(OH)–C–C–N with tert-alkyl or cyclic N) is 1. The lowest BCUT2D eigenvalue weighted by molar-refractivity contribution is -0.141. The van der Waals surface area contributed by atoms with Gasteiger partial charge in [-0.2, -0.15) is 18.3 Å². The van der Waals surface area contributed by atoms with E-state index < -0.39 is 23.9 Å². The maximum absolute atomic E-state index is 12.5. The fourth-order valence-corrected chi connectivity index (χ4v) is 2.94. The summed E-state index contributed by atoms with van der Waals surface area (Å²) in [5.74, 6) is -0.616. The summed E-state index contributed by atoms with van der Waals surface area (Å²) >= 11 is 0. The van der Waals surface area contributed by atoms with Gasteiger partial charge in [-0.25, -0.2) is 0 Å². The zero-order chi connectivity index (χ0) is 18.2. The largest absolute Gasteiger partial charge is 0.433 e. The van der Waals surface area contributed by atoms with Gasteiger partial charge in [0.1, 0.15) is 5.69 Å². The SMILES string of the molecule is Cc1cc(C[C@@H]2CN(C(=O)c3ccc(C(F)(F)F)nc3)C[C@H]2O)n[nH]1. The molecule has 9 heteroatoms. The van der Waals surface area contributed by atoms with Crippen molar-refractivity contribution in [2.45, 2.75) is 25.6 Å². The van der Waals surface area contributed by atoms with E-state index in [4.69, 9.17) is 0 Å². The second kappa shape index (κ2) is 6.47. The second-order valence-corrected chi connectivity index (χ2v) is 6.21. The van der Waals surface area contributed by atoms with E-state index in [1.54, 1.807) is 0 Å². The molecule has 25 heavy (non-hydrogen) atoms. The lowest BCUT2D eigenvalue weighted by Crippen LogP contribution is -2.29. The number of nitrogens with one attached hydrogen (secondary N) is 1. The number of likely N-dealkylation sites (tertiary alicyclic amines) is 1. The van der Waals surface area contributed by atoms with E-state index >= 15 is 0 Å². The number of aryl methyl sites for hydroxylation is 1. The number of rotatable bonds is 3. The van der Waals surface area contributed by atoms with Crippen molar-refractivity contribution in [1.29, 1.82) is 0 Å². The van der Waals surface area contributed by atoms with Crippen LogP contribution in [0.15, 0.2) is 24.4 Å². The third-order valence-electron chi connectivity index (χ3n) is 4.22. The highest BCUT2D eigenvalue weighted by Gasteiger charge is 2.36. The van der Waals surface area contributed by atoms with Crippen molar-refractivity contribution in [2.75, 3.05) is 13.1 Å². The van der Waals surface area contributed by atoms with Crippen molar-refractivity contribution in [3.63, 3.8) is 0 Å². The number of halogens is 3. The highest BCUT2D eigenvalue weighted by atomic mass is 19.4. The molecule has 134 valence electrons. The monoisotopic (exact) mass is 354 g/mol. The predicted molar refractivity (Wildman–Crippen MR) is 81.7 cm³/mol. The molecule has 1 fully saturated rings. The van der Waals surface area contributed by atoms with E-state index in [2.05, 4.69) is 15.2 Å². The van der Waals surface area contributed by atoms with Gasteiger partial charge in [-0.15, -0.1) is 0 Å². The van der Waals surface area contributed by atoms with Gasteiger partial charge in [-0.1, -0.05) is 0 Å². The van der Waals surface area contributed by atoms with Gasteiger partial charge in [-0.05, 0) is 31.5 Å². The highest BCUT2D eigenvalue weighted by Crippen LogP contribution is 2.28. The van der Waals surface area contributed by atoms with Crippen LogP contribution in [0.1, 0.15) is 27.4 Å². The number of amides is 1. The molecule has 0 spiro atoms. The number of aliphatic hydroxyl groups is 1. The maximum Gasteiger partial charge on any atom is 0.433 e. The molecule has 0 saturated carbocycles. The molecule has 0 unspecified atom stereocenters. The summed E-state index contributed by atoms with van der Waals surface area (Å²) < 4.78 is 37.6. The second-order valence-electron chi connectivity index (χ2n) is 6.21. The Labute approximate surface area is 141 Å². The number of aromatic nitrogens is 3. The third-order valence-corrected chi connectivity index (χ3v) is 4.22. The smallest absolute Gasteiger partial charge is 0.391 e. The predicted octanol–water partition coefficient (Wildman–Crippen LogP) is 1.81. The van der Waals surface area contributed by atoms with Gasteiger partial charge in [0.25, 0.3) is 5.91 Å². The molecule has 1 saturated heterocycles. The lowest BCUT2D eigenvalue weighted by atomic mass is 10.0. The van der Waals surface area contributed by atoms with Crippen molar-refractivity contribution in [1.82, 2.24) is 20.1 Å². The number of carbonyl (C=O) groups is 1. The Balaban J connectivity index is 1.67. The molecular weight excluding hydrogens is 337 g/mol. The van der Waals surface area contributed by atoms with Crippen molar-refractivity contribution < 1.29 is 23.1 Å². The zero-order valence-corrected chi connectivity index (χ0v) is 13.4. The molecular formula is C16H17F3N4O2. The number of hydrogen-bond donors (Lipinski definition) is 2. The van der Waals surface area contributed by atoms with E-state index in [1.165, 1.54) is 4.90 Å². The minimum absolute atomic E-state index is 0.0662. The van der Waals surface area contributed by atoms with E-state index in [-0.39, 0.29) is 18.0 Å². The van der Waals surface area contributed by atoms with Crippen LogP contribution >= 0.6 is 0 Å². The fraction of sp³-hybridized carbons (Fsp3) is 0.438. The van der Waals surface area contributed by atoms with Crippen molar-refractivity contribution in [3.05, 3.63) is 47.0 Å². The molecule has 3 rings (SSSR count). The van der Waals surface area contributed by atoms with Crippen LogP contribution in [0.25, 0.3) is 0 Å².